The van der Waals surface area contributed by atoms with Crippen LogP contribution in [0.15, 0.2) is 42.5 Å². The molecule has 0 N–H and O–H groups in total. The molecule has 0 saturated carbocycles. The van der Waals surface area contributed by atoms with E-state index < -0.39 is 0 Å². The van der Waals surface area contributed by atoms with Crippen LogP contribution < -0.4 is 0 Å². The average Bonchev–Trinajstić information content (AvgIpc) is 2.86. The molecule has 0 spiro atoms. The summed E-state index contributed by atoms with van der Waals surface area (Å²) in [5, 5.41) is 2.08. The Balaban J connectivity index is 1.73. The maximum atomic E-state index is 13.1. The molecule has 0 saturated heterocycles. The molecule has 0 radical (unpaired) electrons. The van der Waals surface area contributed by atoms with Crippen LogP contribution in [0.1, 0.15) is 16.8 Å². The summed E-state index contributed by atoms with van der Waals surface area (Å²) < 4.78 is 15.5. The summed E-state index contributed by atoms with van der Waals surface area (Å²) >= 11 is 6.25. The van der Waals surface area contributed by atoms with Crippen LogP contribution in [0.2, 0.25) is 5.02 Å². The smallest absolute Gasteiger partial charge is 0.123 e. The van der Waals surface area contributed by atoms with Gasteiger partial charge in [0.15, 0.2) is 0 Å². The van der Waals surface area contributed by atoms with Gasteiger partial charge in [0, 0.05) is 42.2 Å². The lowest BCUT2D eigenvalue weighted by molar-refractivity contribution is 0.309. The molecule has 124 valence electrons. The summed E-state index contributed by atoms with van der Waals surface area (Å²) in [6.07, 6.45) is 1.94. The second-order valence-corrected chi connectivity index (χ2v) is 7.04. The van der Waals surface area contributed by atoms with Gasteiger partial charge < -0.3 is 9.47 Å². The Hall–Kier alpha value is -1.84. The third-order valence-corrected chi connectivity index (χ3v) is 5.18. The highest BCUT2D eigenvalue weighted by Gasteiger charge is 2.22. The SMILES string of the molecule is CN1CCc2c(c3ccc(Cl)cc3n2CCc2ccc(F)cc2)C1. The molecule has 0 unspecified atom stereocenters. The van der Waals surface area contributed by atoms with Crippen molar-refractivity contribution in [1.29, 1.82) is 0 Å². The molecule has 2 heterocycles. The van der Waals surface area contributed by atoms with Crippen molar-refractivity contribution in [2.45, 2.75) is 25.9 Å². The number of hydrogen-bond donors (Lipinski definition) is 0. The summed E-state index contributed by atoms with van der Waals surface area (Å²) in [6.45, 7) is 2.95. The second kappa shape index (κ2) is 6.23. The number of halogens is 2. The van der Waals surface area contributed by atoms with E-state index in [9.17, 15) is 4.39 Å². The van der Waals surface area contributed by atoms with E-state index in [1.807, 2.05) is 18.2 Å². The van der Waals surface area contributed by atoms with E-state index in [4.69, 9.17) is 11.6 Å². The highest BCUT2D eigenvalue weighted by atomic mass is 35.5. The Bertz CT molecular complexity index is 883. The molecule has 0 aliphatic carbocycles. The first-order chi connectivity index (χ1) is 11.6. The average molecular weight is 343 g/mol. The third kappa shape index (κ3) is 2.83. The van der Waals surface area contributed by atoms with Crippen molar-refractivity contribution in [2.75, 3.05) is 13.6 Å². The number of aromatic nitrogens is 1. The van der Waals surface area contributed by atoms with Crippen molar-refractivity contribution in [3.63, 3.8) is 0 Å². The van der Waals surface area contributed by atoms with Crippen molar-refractivity contribution < 1.29 is 4.39 Å². The summed E-state index contributed by atoms with van der Waals surface area (Å²) in [5.74, 6) is -0.183. The van der Waals surface area contributed by atoms with E-state index in [1.54, 1.807) is 0 Å². The number of fused-ring (bicyclic) bond motifs is 3. The van der Waals surface area contributed by atoms with Gasteiger partial charge in [-0.05, 0) is 48.9 Å². The quantitative estimate of drug-likeness (QED) is 0.671. The first kappa shape index (κ1) is 15.7. The number of nitrogens with zero attached hydrogens (tertiary/aromatic N) is 2. The Labute approximate surface area is 146 Å². The summed E-state index contributed by atoms with van der Waals surface area (Å²) in [6, 6.07) is 13.0. The minimum absolute atomic E-state index is 0.183. The maximum Gasteiger partial charge on any atom is 0.123 e. The van der Waals surface area contributed by atoms with Crippen LogP contribution in [-0.4, -0.2) is 23.1 Å². The molecule has 3 aromatic rings. The topological polar surface area (TPSA) is 8.17 Å². The van der Waals surface area contributed by atoms with Gasteiger partial charge in [-0.15, -0.1) is 0 Å². The molecule has 0 fully saturated rings. The van der Waals surface area contributed by atoms with Crippen molar-refractivity contribution in [1.82, 2.24) is 9.47 Å². The van der Waals surface area contributed by atoms with Crippen LogP contribution in [0, 0.1) is 5.82 Å². The van der Waals surface area contributed by atoms with Gasteiger partial charge in [-0.2, -0.15) is 0 Å². The molecule has 0 atom stereocenters. The lowest BCUT2D eigenvalue weighted by Crippen LogP contribution is -2.27. The predicted octanol–water partition coefficient (Wildman–Crippen LogP) is 4.66. The fraction of sp³-hybridized carbons (Fsp3) is 0.300. The van der Waals surface area contributed by atoms with Gasteiger partial charge in [-0.3, -0.25) is 0 Å². The van der Waals surface area contributed by atoms with Crippen molar-refractivity contribution in [2.24, 2.45) is 0 Å². The fourth-order valence-electron chi connectivity index (χ4n) is 3.70. The Morgan fingerprint density at radius 2 is 1.92 bits per heavy atom. The number of rotatable bonds is 3. The predicted molar refractivity (Wildman–Crippen MR) is 97.1 cm³/mol. The fourth-order valence-corrected chi connectivity index (χ4v) is 3.87. The molecule has 1 aromatic heterocycles. The van der Waals surface area contributed by atoms with Crippen molar-refractivity contribution in [3.05, 3.63) is 70.1 Å². The molecular formula is C20H20ClFN2. The van der Waals surface area contributed by atoms with Crippen LogP contribution in [0.4, 0.5) is 4.39 Å². The lowest BCUT2D eigenvalue weighted by atomic mass is 10.1. The largest absolute Gasteiger partial charge is 0.344 e. The normalized spacial score (nSPS) is 15.0. The minimum Gasteiger partial charge on any atom is -0.344 e. The summed E-state index contributed by atoms with van der Waals surface area (Å²) in [5.41, 5.74) is 5.22. The Kier molecular flexibility index (Phi) is 4.07. The first-order valence-corrected chi connectivity index (χ1v) is 8.72. The molecular weight excluding hydrogens is 323 g/mol. The summed E-state index contributed by atoms with van der Waals surface area (Å²) in [7, 11) is 2.17. The van der Waals surface area contributed by atoms with Crippen LogP contribution >= 0.6 is 11.6 Å². The van der Waals surface area contributed by atoms with Crippen LogP contribution in [-0.2, 0) is 25.9 Å². The van der Waals surface area contributed by atoms with E-state index in [1.165, 1.54) is 34.3 Å². The standard InChI is InChI=1S/C20H20ClFN2/c1-23-10-9-19-18(13-23)17-7-4-15(21)12-20(17)24(19)11-8-14-2-5-16(22)6-3-14/h2-7,12H,8-11,13H2,1H3. The first-order valence-electron chi connectivity index (χ1n) is 8.34. The van der Waals surface area contributed by atoms with E-state index in [2.05, 4.69) is 28.6 Å². The molecule has 2 nitrogen and oxygen atoms in total. The number of likely N-dealkylation sites (N-methyl/N-ethyl adjacent to an activating group) is 1. The highest BCUT2D eigenvalue weighted by Crippen LogP contribution is 2.32. The van der Waals surface area contributed by atoms with Gasteiger partial charge in [0.25, 0.3) is 0 Å². The number of hydrogen-bond acceptors (Lipinski definition) is 1. The van der Waals surface area contributed by atoms with Gasteiger partial charge >= 0.3 is 0 Å². The Morgan fingerprint density at radius 1 is 1.12 bits per heavy atom. The van der Waals surface area contributed by atoms with E-state index in [0.29, 0.717) is 0 Å². The number of aryl methyl sites for hydroxylation is 2. The van der Waals surface area contributed by atoms with Gasteiger partial charge in [0.1, 0.15) is 5.82 Å². The lowest BCUT2D eigenvalue weighted by Gasteiger charge is -2.24. The monoisotopic (exact) mass is 342 g/mol. The summed E-state index contributed by atoms with van der Waals surface area (Å²) in [4.78, 5) is 2.36. The van der Waals surface area contributed by atoms with E-state index in [-0.39, 0.29) is 5.82 Å². The van der Waals surface area contributed by atoms with Gasteiger partial charge in [0.05, 0.1) is 5.52 Å². The maximum absolute atomic E-state index is 13.1. The molecule has 0 amide bonds. The zero-order valence-electron chi connectivity index (χ0n) is 13.7. The molecule has 2 aromatic carbocycles. The minimum atomic E-state index is -0.183. The van der Waals surface area contributed by atoms with Crippen LogP contribution in [0.5, 0.6) is 0 Å². The third-order valence-electron chi connectivity index (χ3n) is 4.95. The van der Waals surface area contributed by atoms with Gasteiger partial charge in [-0.25, -0.2) is 4.39 Å². The molecule has 1 aliphatic heterocycles. The molecule has 4 heteroatoms. The van der Waals surface area contributed by atoms with Gasteiger partial charge in [-0.1, -0.05) is 29.8 Å². The highest BCUT2D eigenvalue weighted by molar-refractivity contribution is 6.31. The number of benzene rings is 2. The van der Waals surface area contributed by atoms with Crippen molar-refractivity contribution >= 4 is 22.5 Å². The Morgan fingerprint density at radius 3 is 2.71 bits per heavy atom. The molecule has 0 bridgehead atoms. The van der Waals surface area contributed by atoms with Gasteiger partial charge in [0.2, 0.25) is 0 Å². The van der Waals surface area contributed by atoms with E-state index >= 15 is 0 Å². The zero-order chi connectivity index (χ0) is 16.7. The second-order valence-electron chi connectivity index (χ2n) is 6.60. The van der Waals surface area contributed by atoms with Crippen molar-refractivity contribution in [3.8, 4) is 0 Å². The van der Waals surface area contributed by atoms with Crippen LogP contribution in [0.25, 0.3) is 10.9 Å². The molecule has 1 aliphatic rings. The molecule has 4 rings (SSSR count). The molecule has 24 heavy (non-hydrogen) atoms. The van der Waals surface area contributed by atoms with E-state index in [0.717, 1.165) is 43.1 Å². The zero-order valence-corrected chi connectivity index (χ0v) is 14.5. The van der Waals surface area contributed by atoms with Crippen LogP contribution in [0.3, 0.4) is 0 Å².